The summed E-state index contributed by atoms with van der Waals surface area (Å²) >= 11 is 4.26. The van der Waals surface area contributed by atoms with E-state index in [9.17, 15) is 4.79 Å². The Bertz CT molecular complexity index is 305. The SMILES string of the molecule is O=C=NCCc1ccccc1S. The van der Waals surface area contributed by atoms with Crippen LogP contribution >= 0.6 is 12.6 Å². The van der Waals surface area contributed by atoms with Crippen molar-refractivity contribution in [2.75, 3.05) is 6.54 Å². The first-order chi connectivity index (χ1) is 5.84. The molecule has 1 aromatic carbocycles. The molecule has 0 bridgehead atoms. The summed E-state index contributed by atoms with van der Waals surface area (Å²) in [6.07, 6.45) is 2.25. The zero-order valence-corrected chi connectivity index (χ0v) is 7.42. The lowest BCUT2D eigenvalue weighted by atomic mass is 10.1. The van der Waals surface area contributed by atoms with Gasteiger partial charge in [0.25, 0.3) is 0 Å². The number of carbonyl (C=O) groups excluding carboxylic acids is 1. The third-order valence-corrected chi connectivity index (χ3v) is 1.99. The van der Waals surface area contributed by atoms with E-state index >= 15 is 0 Å². The first-order valence-electron chi connectivity index (χ1n) is 3.65. The van der Waals surface area contributed by atoms with Gasteiger partial charge in [0.15, 0.2) is 0 Å². The Balaban J connectivity index is 2.62. The molecule has 62 valence electrons. The molecule has 0 unspecified atom stereocenters. The molecule has 0 aromatic heterocycles. The van der Waals surface area contributed by atoms with Gasteiger partial charge in [-0.2, -0.15) is 0 Å². The number of nitrogens with zero attached hydrogens (tertiary/aromatic N) is 1. The maximum Gasteiger partial charge on any atom is 0.234 e. The lowest BCUT2D eigenvalue weighted by molar-refractivity contribution is 0.563. The highest BCUT2D eigenvalue weighted by Crippen LogP contribution is 2.12. The summed E-state index contributed by atoms with van der Waals surface area (Å²) in [6.45, 7) is 0.487. The third kappa shape index (κ3) is 2.53. The molecule has 0 aliphatic carbocycles. The monoisotopic (exact) mass is 179 g/mol. The van der Waals surface area contributed by atoms with Gasteiger partial charge in [0.05, 0.1) is 6.54 Å². The molecule has 3 heteroatoms. The molecule has 0 spiro atoms. The van der Waals surface area contributed by atoms with Crippen LogP contribution in [0.1, 0.15) is 5.56 Å². The molecule has 0 aliphatic heterocycles. The summed E-state index contributed by atoms with van der Waals surface area (Å²) in [7, 11) is 0. The second-order valence-corrected chi connectivity index (χ2v) is 2.83. The highest BCUT2D eigenvalue weighted by molar-refractivity contribution is 7.80. The summed E-state index contributed by atoms with van der Waals surface area (Å²) in [4.78, 5) is 14.2. The second kappa shape index (κ2) is 4.75. The molecule has 0 atom stereocenters. The Morgan fingerprint density at radius 1 is 1.42 bits per heavy atom. The first kappa shape index (κ1) is 9.04. The highest BCUT2D eigenvalue weighted by atomic mass is 32.1. The van der Waals surface area contributed by atoms with Crippen molar-refractivity contribution in [2.45, 2.75) is 11.3 Å². The van der Waals surface area contributed by atoms with Crippen molar-refractivity contribution < 1.29 is 4.79 Å². The van der Waals surface area contributed by atoms with Gasteiger partial charge in [-0.15, -0.1) is 12.6 Å². The van der Waals surface area contributed by atoms with E-state index in [0.717, 1.165) is 16.9 Å². The topological polar surface area (TPSA) is 29.4 Å². The summed E-state index contributed by atoms with van der Waals surface area (Å²) in [5.74, 6) is 0. The van der Waals surface area contributed by atoms with Crippen LogP contribution in [0.3, 0.4) is 0 Å². The molecule has 0 N–H and O–H groups in total. The van der Waals surface area contributed by atoms with E-state index in [-0.39, 0.29) is 0 Å². The van der Waals surface area contributed by atoms with Crippen molar-refractivity contribution in [1.29, 1.82) is 0 Å². The average Bonchev–Trinajstić information content (AvgIpc) is 2.09. The largest absolute Gasteiger partial charge is 0.234 e. The van der Waals surface area contributed by atoms with E-state index < -0.39 is 0 Å². The average molecular weight is 179 g/mol. The van der Waals surface area contributed by atoms with E-state index in [1.54, 1.807) is 0 Å². The Hall–Kier alpha value is -1.05. The fourth-order valence-corrected chi connectivity index (χ4v) is 1.22. The number of rotatable bonds is 3. The van der Waals surface area contributed by atoms with Gasteiger partial charge in [0.2, 0.25) is 6.08 Å². The summed E-state index contributed by atoms with van der Waals surface area (Å²) in [6, 6.07) is 7.76. The standard InChI is InChI=1S/C9H9NOS/c11-7-10-6-5-8-3-1-2-4-9(8)12/h1-4,12H,5-6H2. The number of benzene rings is 1. The van der Waals surface area contributed by atoms with E-state index in [2.05, 4.69) is 17.6 Å². The van der Waals surface area contributed by atoms with Crippen molar-refractivity contribution >= 4 is 18.7 Å². The lowest BCUT2D eigenvalue weighted by Crippen LogP contribution is -1.89. The van der Waals surface area contributed by atoms with Crippen LogP contribution in [-0.2, 0) is 11.2 Å². The number of isocyanates is 1. The van der Waals surface area contributed by atoms with E-state index in [1.165, 1.54) is 6.08 Å². The highest BCUT2D eigenvalue weighted by Gasteiger charge is 1.95. The number of thiol groups is 1. The first-order valence-corrected chi connectivity index (χ1v) is 4.10. The minimum absolute atomic E-state index is 0.487. The van der Waals surface area contributed by atoms with Crippen molar-refractivity contribution in [3.63, 3.8) is 0 Å². The lowest BCUT2D eigenvalue weighted by Gasteiger charge is -2.00. The second-order valence-electron chi connectivity index (χ2n) is 2.35. The summed E-state index contributed by atoms with van der Waals surface area (Å²) < 4.78 is 0. The van der Waals surface area contributed by atoms with Crippen LogP contribution in [0, 0.1) is 0 Å². The third-order valence-electron chi connectivity index (χ3n) is 1.55. The Kier molecular flexibility index (Phi) is 3.58. The minimum Gasteiger partial charge on any atom is -0.211 e. The quantitative estimate of drug-likeness (QED) is 0.428. The molecule has 0 heterocycles. The molecule has 12 heavy (non-hydrogen) atoms. The minimum atomic E-state index is 0.487. The van der Waals surface area contributed by atoms with Crippen LogP contribution in [0.25, 0.3) is 0 Å². The predicted molar refractivity (Wildman–Crippen MR) is 50.4 cm³/mol. The van der Waals surface area contributed by atoms with Crippen LogP contribution in [-0.4, -0.2) is 12.6 Å². The fourth-order valence-electron chi connectivity index (χ4n) is 0.944. The molecule has 0 amide bonds. The van der Waals surface area contributed by atoms with Gasteiger partial charge in [0.1, 0.15) is 0 Å². The molecule has 0 aliphatic rings. The van der Waals surface area contributed by atoms with Crippen molar-refractivity contribution in [1.82, 2.24) is 0 Å². The molecular weight excluding hydrogens is 170 g/mol. The normalized spacial score (nSPS) is 9.08. The van der Waals surface area contributed by atoms with Gasteiger partial charge in [-0.25, -0.2) is 9.79 Å². The molecule has 1 rings (SSSR count). The molecule has 0 saturated carbocycles. The Labute approximate surface area is 76.7 Å². The van der Waals surface area contributed by atoms with Gasteiger partial charge < -0.3 is 0 Å². The van der Waals surface area contributed by atoms with E-state index in [1.807, 2.05) is 24.3 Å². The molecule has 1 aromatic rings. The molecule has 2 nitrogen and oxygen atoms in total. The maximum absolute atomic E-state index is 9.77. The van der Waals surface area contributed by atoms with Crippen LogP contribution in [0.5, 0.6) is 0 Å². The van der Waals surface area contributed by atoms with E-state index in [4.69, 9.17) is 0 Å². The fraction of sp³-hybridized carbons (Fsp3) is 0.222. The van der Waals surface area contributed by atoms with Gasteiger partial charge in [-0.3, -0.25) is 0 Å². The maximum atomic E-state index is 9.77. The van der Waals surface area contributed by atoms with Gasteiger partial charge in [-0.05, 0) is 18.1 Å². The smallest absolute Gasteiger partial charge is 0.211 e. The number of hydrogen-bond acceptors (Lipinski definition) is 3. The van der Waals surface area contributed by atoms with E-state index in [0.29, 0.717) is 6.54 Å². The predicted octanol–water partition coefficient (Wildman–Crippen LogP) is 1.85. The van der Waals surface area contributed by atoms with Gasteiger partial charge >= 0.3 is 0 Å². The zero-order chi connectivity index (χ0) is 8.81. The van der Waals surface area contributed by atoms with Crippen molar-refractivity contribution in [3.05, 3.63) is 29.8 Å². The van der Waals surface area contributed by atoms with Crippen molar-refractivity contribution in [2.24, 2.45) is 4.99 Å². The molecular formula is C9H9NOS. The Morgan fingerprint density at radius 2 is 2.17 bits per heavy atom. The van der Waals surface area contributed by atoms with Crippen LogP contribution in [0.15, 0.2) is 34.2 Å². The summed E-state index contributed by atoms with van der Waals surface area (Å²) in [5, 5.41) is 0. The van der Waals surface area contributed by atoms with Crippen molar-refractivity contribution in [3.8, 4) is 0 Å². The van der Waals surface area contributed by atoms with Crippen LogP contribution < -0.4 is 0 Å². The number of hydrogen-bond donors (Lipinski definition) is 1. The molecule has 0 radical (unpaired) electrons. The molecule has 0 fully saturated rings. The number of aliphatic imine (C=N–C) groups is 1. The van der Waals surface area contributed by atoms with Gasteiger partial charge in [-0.1, -0.05) is 18.2 Å². The zero-order valence-electron chi connectivity index (χ0n) is 6.53. The molecule has 0 saturated heterocycles. The Morgan fingerprint density at radius 3 is 2.83 bits per heavy atom. The van der Waals surface area contributed by atoms with Crippen LogP contribution in [0.4, 0.5) is 0 Å². The van der Waals surface area contributed by atoms with Gasteiger partial charge in [0, 0.05) is 4.90 Å². The van der Waals surface area contributed by atoms with Crippen LogP contribution in [0.2, 0.25) is 0 Å². The summed E-state index contributed by atoms with van der Waals surface area (Å²) in [5.41, 5.74) is 1.11.